The molecule has 0 aliphatic rings. The lowest BCUT2D eigenvalue weighted by molar-refractivity contribution is 0.540. The van der Waals surface area contributed by atoms with Crippen LogP contribution in [0.5, 0.6) is 0 Å². The van der Waals surface area contributed by atoms with Crippen molar-refractivity contribution < 1.29 is 0 Å². The topological polar surface area (TPSA) is 40.8 Å². The number of aromatic nitrogens is 1. The van der Waals surface area contributed by atoms with Crippen molar-refractivity contribution in [1.29, 1.82) is 5.26 Å². The molecule has 1 N–H and O–H groups in total. The molecule has 0 amide bonds. The molecule has 1 unspecified atom stereocenters. The van der Waals surface area contributed by atoms with E-state index in [1.807, 2.05) is 19.2 Å². The normalized spacial score (nSPS) is 12.1. The third-order valence-corrected chi connectivity index (χ3v) is 3.93. The van der Waals surface area contributed by atoms with E-state index in [4.69, 9.17) is 5.26 Å². The van der Waals surface area contributed by atoms with E-state index in [0.717, 1.165) is 18.5 Å². The SMILES string of the molecule is CCCC(NC)c1ccn(Cc2ccc(C#N)cc2C)c1. The minimum Gasteiger partial charge on any atom is -0.350 e. The van der Waals surface area contributed by atoms with Crippen LogP contribution in [0, 0.1) is 18.3 Å². The fraction of sp³-hybridized carbons (Fsp3) is 0.389. The standard InChI is InChI=1S/C18H23N3/c1-4-5-18(20-3)17-8-9-21(13-17)12-16-7-6-15(11-19)10-14(16)2/h6-10,13,18,20H,4-5,12H2,1-3H3. The maximum Gasteiger partial charge on any atom is 0.0991 e. The van der Waals surface area contributed by atoms with Gasteiger partial charge < -0.3 is 9.88 Å². The molecule has 2 aromatic rings. The van der Waals surface area contributed by atoms with Crippen LogP contribution in [-0.4, -0.2) is 11.6 Å². The van der Waals surface area contributed by atoms with Gasteiger partial charge >= 0.3 is 0 Å². The Labute approximate surface area is 127 Å². The summed E-state index contributed by atoms with van der Waals surface area (Å²) < 4.78 is 2.21. The van der Waals surface area contributed by atoms with Gasteiger partial charge in [-0.3, -0.25) is 0 Å². The predicted octanol–water partition coefficient (Wildman–Crippen LogP) is 3.78. The van der Waals surface area contributed by atoms with Crippen molar-refractivity contribution in [3.8, 4) is 6.07 Å². The van der Waals surface area contributed by atoms with Crippen molar-refractivity contribution >= 4 is 0 Å². The second-order valence-corrected chi connectivity index (χ2v) is 5.50. The Morgan fingerprint density at radius 2 is 2.14 bits per heavy atom. The van der Waals surface area contributed by atoms with Crippen LogP contribution in [0.1, 0.15) is 48.1 Å². The molecule has 0 aliphatic carbocycles. The van der Waals surface area contributed by atoms with Crippen molar-refractivity contribution in [3.05, 3.63) is 58.9 Å². The first-order chi connectivity index (χ1) is 10.2. The third kappa shape index (κ3) is 3.74. The molecule has 1 heterocycles. The maximum absolute atomic E-state index is 8.92. The Morgan fingerprint density at radius 1 is 1.33 bits per heavy atom. The van der Waals surface area contributed by atoms with Crippen molar-refractivity contribution in [3.63, 3.8) is 0 Å². The Morgan fingerprint density at radius 3 is 2.76 bits per heavy atom. The molecular weight excluding hydrogens is 258 g/mol. The second-order valence-electron chi connectivity index (χ2n) is 5.50. The van der Waals surface area contributed by atoms with Crippen LogP contribution in [0.25, 0.3) is 0 Å². The minimum absolute atomic E-state index is 0.429. The van der Waals surface area contributed by atoms with Crippen LogP contribution < -0.4 is 5.32 Å². The summed E-state index contributed by atoms with van der Waals surface area (Å²) in [7, 11) is 2.02. The lowest BCUT2D eigenvalue weighted by atomic mass is 10.1. The largest absolute Gasteiger partial charge is 0.350 e. The summed E-state index contributed by atoms with van der Waals surface area (Å²) in [6, 6.07) is 10.7. The number of nitrogens with zero attached hydrogens (tertiary/aromatic N) is 2. The number of hydrogen-bond acceptors (Lipinski definition) is 2. The Balaban J connectivity index is 2.14. The molecule has 1 atom stereocenters. The molecule has 0 fully saturated rings. The first kappa shape index (κ1) is 15.3. The van der Waals surface area contributed by atoms with Gasteiger partial charge in [-0.05, 0) is 55.3 Å². The average Bonchev–Trinajstić information content (AvgIpc) is 2.95. The molecule has 3 heteroatoms. The van der Waals surface area contributed by atoms with E-state index in [-0.39, 0.29) is 0 Å². The smallest absolute Gasteiger partial charge is 0.0991 e. The van der Waals surface area contributed by atoms with Crippen LogP contribution in [-0.2, 0) is 6.54 Å². The highest BCUT2D eigenvalue weighted by Crippen LogP contribution is 2.19. The van der Waals surface area contributed by atoms with E-state index in [1.165, 1.54) is 23.1 Å². The molecule has 0 bridgehead atoms. The van der Waals surface area contributed by atoms with Crippen LogP contribution >= 0.6 is 0 Å². The van der Waals surface area contributed by atoms with E-state index >= 15 is 0 Å². The van der Waals surface area contributed by atoms with Crippen LogP contribution in [0.4, 0.5) is 0 Å². The average molecular weight is 281 g/mol. The molecule has 0 radical (unpaired) electrons. The lowest BCUT2D eigenvalue weighted by Crippen LogP contribution is -2.15. The van der Waals surface area contributed by atoms with Gasteiger partial charge in [0.15, 0.2) is 0 Å². The van der Waals surface area contributed by atoms with Gasteiger partial charge in [0.05, 0.1) is 11.6 Å². The summed E-state index contributed by atoms with van der Waals surface area (Å²) >= 11 is 0. The molecular formula is C18H23N3. The van der Waals surface area contributed by atoms with E-state index in [0.29, 0.717) is 6.04 Å². The Bertz CT molecular complexity index is 634. The van der Waals surface area contributed by atoms with Gasteiger partial charge in [0.1, 0.15) is 0 Å². The number of nitrogens with one attached hydrogen (secondary N) is 1. The van der Waals surface area contributed by atoms with Crippen molar-refractivity contribution in [2.45, 2.75) is 39.3 Å². The van der Waals surface area contributed by atoms with Gasteiger partial charge in [-0.25, -0.2) is 0 Å². The van der Waals surface area contributed by atoms with Crippen molar-refractivity contribution in [2.24, 2.45) is 0 Å². The fourth-order valence-corrected chi connectivity index (χ4v) is 2.67. The zero-order valence-electron chi connectivity index (χ0n) is 13.1. The first-order valence-electron chi connectivity index (χ1n) is 7.50. The second kappa shape index (κ2) is 7.10. The zero-order chi connectivity index (χ0) is 15.2. The molecule has 0 saturated heterocycles. The van der Waals surface area contributed by atoms with Gasteiger partial charge in [0, 0.05) is 25.0 Å². The summed E-state index contributed by atoms with van der Waals surface area (Å²) in [5.74, 6) is 0. The monoisotopic (exact) mass is 281 g/mol. The van der Waals surface area contributed by atoms with Crippen molar-refractivity contribution in [1.82, 2.24) is 9.88 Å². The predicted molar refractivity (Wildman–Crippen MR) is 86.1 cm³/mol. The minimum atomic E-state index is 0.429. The molecule has 3 nitrogen and oxygen atoms in total. The number of benzene rings is 1. The molecule has 1 aromatic carbocycles. The van der Waals surface area contributed by atoms with E-state index in [1.54, 1.807) is 0 Å². The van der Waals surface area contributed by atoms with Gasteiger partial charge in [-0.1, -0.05) is 19.4 Å². The Hall–Kier alpha value is -2.05. The molecule has 2 rings (SSSR count). The highest BCUT2D eigenvalue weighted by atomic mass is 15.0. The summed E-state index contributed by atoms with van der Waals surface area (Å²) in [4.78, 5) is 0. The fourth-order valence-electron chi connectivity index (χ4n) is 2.67. The summed E-state index contributed by atoms with van der Waals surface area (Å²) in [5.41, 5.74) is 4.49. The van der Waals surface area contributed by atoms with Gasteiger partial charge in [0.25, 0.3) is 0 Å². The zero-order valence-corrected chi connectivity index (χ0v) is 13.1. The number of rotatable bonds is 6. The quantitative estimate of drug-likeness (QED) is 0.875. The molecule has 0 saturated carbocycles. The van der Waals surface area contributed by atoms with Gasteiger partial charge in [-0.2, -0.15) is 5.26 Å². The van der Waals surface area contributed by atoms with Crippen molar-refractivity contribution in [2.75, 3.05) is 7.05 Å². The molecule has 0 spiro atoms. The molecule has 0 aliphatic heterocycles. The number of aryl methyl sites for hydroxylation is 1. The van der Waals surface area contributed by atoms with E-state index in [2.05, 4.69) is 54.3 Å². The van der Waals surface area contributed by atoms with Gasteiger partial charge in [-0.15, -0.1) is 0 Å². The van der Waals surface area contributed by atoms with Crippen LogP contribution in [0.2, 0.25) is 0 Å². The Kier molecular flexibility index (Phi) is 5.19. The highest BCUT2D eigenvalue weighted by Gasteiger charge is 2.10. The van der Waals surface area contributed by atoms with Crippen LogP contribution in [0.3, 0.4) is 0 Å². The number of nitriles is 1. The van der Waals surface area contributed by atoms with E-state index < -0.39 is 0 Å². The molecule has 110 valence electrons. The summed E-state index contributed by atoms with van der Waals surface area (Å²) in [6.07, 6.45) is 6.67. The molecule has 21 heavy (non-hydrogen) atoms. The van der Waals surface area contributed by atoms with Crippen LogP contribution in [0.15, 0.2) is 36.7 Å². The summed E-state index contributed by atoms with van der Waals surface area (Å²) in [6.45, 7) is 5.12. The first-order valence-corrected chi connectivity index (χ1v) is 7.50. The number of hydrogen-bond donors (Lipinski definition) is 1. The van der Waals surface area contributed by atoms with Gasteiger partial charge in [0.2, 0.25) is 0 Å². The lowest BCUT2D eigenvalue weighted by Gasteiger charge is -2.13. The molecule has 1 aromatic heterocycles. The summed E-state index contributed by atoms with van der Waals surface area (Å²) in [5, 5.41) is 12.3. The highest BCUT2D eigenvalue weighted by molar-refractivity contribution is 5.37. The van der Waals surface area contributed by atoms with E-state index in [9.17, 15) is 0 Å². The third-order valence-electron chi connectivity index (χ3n) is 3.93. The maximum atomic E-state index is 8.92.